The molecule has 0 saturated heterocycles. The van der Waals surface area contributed by atoms with E-state index in [0.717, 1.165) is 6.42 Å². The molecule has 0 bridgehead atoms. The van der Waals surface area contributed by atoms with Gasteiger partial charge in [-0.05, 0) is 19.8 Å². The van der Waals surface area contributed by atoms with E-state index < -0.39 is 6.04 Å². The molecule has 3 N–H and O–H groups in total. The molecule has 5 nitrogen and oxygen atoms in total. The van der Waals surface area contributed by atoms with Crippen molar-refractivity contribution >= 4 is 5.91 Å². The van der Waals surface area contributed by atoms with Crippen LogP contribution in [0, 0.1) is 0 Å². The third-order valence-electron chi connectivity index (χ3n) is 1.52. The smallest absolute Gasteiger partial charge is 0.260 e. The molecule has 5 heteroatoms. The molecule has 0 aromatic heterocycles. The molecule has 1 unspecified atom stereocenters. The minimum atomic E-state index is -0.512. The minimum Gasteiger partial charge on any atom is -0.385 e. The first kappa shape index (κ1) is 12.3. The molecular formula is C8H18N2O3. The summed E-state index contributed by atoms with van der Waals surface area (Å²) >= 11 is 0. The number of amides is 1. The van der Waals surface area contributed by atoms with Crippen LogP contribution in [-0.4, -0.2) is 32.3 Å². The van der Waals surface area contributed by atoms with Crippen molar-refractivity contribution in [2.75, 3.05) is 20.3 Å². The van der Waals surface area contributed by atoms with Crippen molar-refractivity contribution in [1.82, 2.24) is 5.48 Å². The lowest BCUT2D eigenvalue weighted by atomic mass is 10.2. The number of carbonyl (C=O) groups is 1. The van der Waals surface area contributed by atoms with Crippen LogP contribution in [0.15, 0.2) is 0 Å². The molecule has 13 heavy (non-hydrogen) atoms. The van der Waals surface area contributed by atoms with Gasteiger partial charge in [0.1, 0.15) is 0 Å². The van der Waals surface area contributed by atoms with E-state index in [9.17, 15) is 4.79 Å². The second kappa shape index (κ2) is 7.97. The molecule has 0 aliphatic rings. The number of nitrogens with one attached hydrogen (secondary N) is 1. The lowest BCUT2D eigenvalue weighted by molar-refractivity contribution is -0.134. The first-order valence-electron chi connectivity index (χ1n) is 4.38. The van der Waals surface area contributed by atoms with Crippen molar-refractivity contribution in [3.05, 3.63) is 0 Å². The molecule has 0 aliphatic heterocycles. The van der Waals surface area contributed by atoms with Crippen LogP contribution in [0.4, 0.5) is 0 Å². The van der Waals surface area contributed by atoms with E-state index in [0.29, 0.717) is 19.6 Å². The van der Waals surface area contributed by atoms with Crippen LogP contribution in [0.3, 0.4) is 0 Å². The van der Waals surface area contributed by atoms with Crippen molar-refractivity contribution in [2.24, 2.45) is 5.73 Å². The Bertz CT molecular complexity index is 141. The van der Waals surface area contributed by atoms with Crippen molar-refractivity contribution in [3.8, 4) is 0 Å². The highest BCUT2D eigenvalue weighted by atomic mass is 16.6. The third kappa shape index (κ3) is 6.51. The highest BCUT2D eigenvalue weighted by Gasteiger charge is 2.12. The number of rotatable bonds is 7. The molecule has 0 spiro atoms. The van der Waals surface area contributed by atoms with Gasteiger partial charge in [-0.2, -0.15) is 0 Å². The lowest BCUT2D eigenvalue weighted by Crippen LogP contribution is -2.40. The maximum Gasteiger partial charge on any atom is 0.260 e. The maximum atomic E-state index is 11.1. The molecule has 0 fully saturated rings. The molecule has 0 aromatic carbocycles. The number of nitrogens with two attached hydrogens (primary N) is 1. The summed E-state index contributed by atoms with van der Waals surface area (Å²) in [4.78, 5) is 15.8. The van der Waals surface area contributed by atoms with E-state index in [2.05, 4.69) is 5.48 Å². The predicted octanol–water partition coefficient (Wildman–Crippen LogP) is -0.192. The van der Waals surface area contributed by atoms with Crippen LogP contribution in [-0.2, 0) is 14.4 Å². The van der Waals surface area contributed by atoms with Crippen LogP contribution in [0.2, 0.25) is 0 Å². The fraction of sp³-hybridized carbons (Fsp3) is 0.875. The average molecular weight is 190 g/mol. The van der Waals surface area contributed by atoms with Gasteiger partial charge in [0, 0.05) is 13.7 Å². The summed E-state index contributed by atoms with van der Waals surface area (Å²) in [5.41, 5.74) is 7.81. The van der Waals surface area contributed by atoms with Crippen LogP contribution in [0.1, 0.15) is 19.8 Å². The Morgan fingerprint density at radius 3 is 2.85 bits per heavy atom. The third-order valence-corrected chi connectivity index (χ3v) is 1.52. The standard InChI is InChI=1S/C8H18N2O3/c1-3-13-10-8(11)7(9)5-4-6-12-2/h7H,3-6,9H2,1-2H3,(H,10,11). The van der Waals surface area contributed by atoms with Crippen LogP contribution in [0.5, 0.6) is 0 Å². The summed E-state index contributed by atoms with van der Waals surface area (Å²) in [5, 5.41) is 0. The van der Waals surface area contributed by atoms with Gasteiger partial charge in [0.15, 0.2) is 0 Å². The van der Waals surface area contributed by atoms with Crippen LogP contribution < -0.4 is 11.2 Å². The molecule has 1 amide bonds. The van der Waals surface area contributed by atoms with Gasteiger partial charge >= 0.3 is 0 Å². The first-order chi connectivity index (χ1) is 6.22. The molecule has 78 valence electrons. The monoisotopic (exact) mass is 190 g/mol. The summed E-state index contributed by atoms with van der Waals surface area (Å²) in [6.07, 6.45) is 1.38. The van der Waals surface area contributed by atoms with Gasteiger partial charge in [-0.3, -0.25) is 9.63 Å². The van der Waals surface area contributed by atoms with Gasteiger partial charge in [-0.1, -0.05) is 0 Å². The number of hydrogen-bond donors (Lipinski definition) is 2. The number of ether oxygens (including phenoxy) is 1. The second-order valence-electron chi connectivity index (χ2n) is 2.64. The predicted molar refractivity (Wildman–Crippen MR) is 48.9 cm³/mol. The molecule has 0 radical (unpaired) electrons. The summed E-state index contributed by atoms with van der Waals surface area (Å²) in [6, 6.07) is -0.512. The quantitative estimate of drug-likeness (QED) is 0.431. The Hall–Kier alpha value is -0.650. The molecular weight excluding hydrogens is 172 g/mol. The van der Waals surface area contributed by atoms with E-state index in [-0.39, 0.29) is 5.91 Å². The van der Waals surface area contributed by atoms with Gasteiger partial charge in [-0.25, -0.2) is 5.48 Å². The Balaban J connectivity index is 3.45. The van der Waals surface area contributed by atoms with E-state index in [1.165, 1.54) is 0 Å². The fourth-order valence-electron chi connectivity index (χ4n) is 0.798. The maximum absolute atomic E-state index is 11.1. The van der Waals surface area contributed by atoms with Crippen molar-refractivity contribution in [1.29, 1.82) is 0 Å². The Labute approximate surface area is 78.5 Å². The van der Waals surface area contributed by atoms with Gasteiger partial charge in [-0.15, -0.1) is 0 Å². The Morgan fingerprint density at radius 2 is 2.31 bits per heavy atom. The topological polar surface area (TPSA) is 73.6 Å². The fourth-order valence-corrected chi connectivity index (χ4v) is 0.798. The molecule has 0 heterocycles. The zero-order valence-corrected chi connectivity index (χ0v) is 8.21. The van der Waals surface area contributed by atoms with Gasteiger partial charge in [0.05, 0.1) is 12.6 Å². The summed E-state index contributed by atoms with van der Waals surface area (Å²) in [7, 11) is 1.62. The SMILES string of the molecule is CCONC(=O)C(N)CCCOC. The minimum absolute atomic E-state index is 0.280. The highest BCUT2D eigenvalue weighted by Crippen LogP contribution is 1.94. The molecule has 0 rings (SSSR count). The zero-order chi connectivity index (χ0) is 10.1. The van der Waals surface area contributed by atoms with Gasteiger partial charge < -0.3 is 10.5 Å². The molecule has 1 atom stereocenters. The van der Waals surface area contributed by atoms with Crippen molar-refractivity contribution in [2.45, 2.75) is 25.8 Å². The largest absolute Gasteiger partial charge is 0.385 e. The van der Waals surface area contributed by atoms with Crippen LogP contribution >= 0.6 is 0 Å². The normalized spacial score (nSPS) is 12.5. The van der Waals surface area contributed by atoms with Crippen LogP contribution in [0.25, 0.3) is 0 Å². The first-order valence-corrected chi connectivity index (χ1v) is 4.38. The Morgan fingerprint density at radius 1 is 1.62 bits per heavy atom. The highest BCUT2D eigenvalue weighted by molar-refractivity contribution is 5.80. The van der Waals surface area contributed by atoms with Gasteiger partial charge in [0.25, 0.3) is 5.91 Å². The number of carbonyl (C=O) groups excluding carboxylic acids is 1. The number of methoxy groups -OCH3 is 1. The molecule has 0 aliphatic carbocycles. The van der Waals surface area contributed by atoms with E-state index in [4.69, 9.17) is 15.3 Å². The summed E-state index contributed by atoms with van der Waals surface area (Å²) in [5.74, 6) is -0.280. The van der Waals surface area contributed by atoms with Crippen molar-refractivity contribution < 1.29 is 14.4 Å². The number of hydrogen-bond acceptors (Lipinski definition) is 4. The van der Waals surface area contributed by atoms with E-state index >= 15 is 0 Å². The molecule has 0 aromatic rings. The summed E-state index contributed by atoms with van der Waals surface area (Å²) in [6.45, 7) is 2.85. The lowest BCUT2D eigenvalue weighted by Gasteiger charge is -2.10. The van der Waals surface area contributed by atoms with E-state index in [1.807, 2.05) is 0 Å². The van der Waals surface area contributed by atoms with Gasteiger partial charge in [0.2, 0.25) is 0 Å². The number of hydroxylamine groups is 1. The molecule has 0 saturated carbocycles. The van der Waals surface area contributed by atoms with Crippen molar-refractivity contribution in [3.63, 3.8) is 0 Å². The Kier molecular flexibility index (Phi) is 7.57. The summed E-state index contributed by atoms with van der Waals surface area (Å²) < 4.78 is 4.83. The average Bonchev–Trinajstić information content (AvgIpc) is 2.14. The zero-order valence-electron chi connectivity index (χ0n) is 8.21. The van der Waals surface area contributed by atoms with E-state index in [1.54, 1.807) is 14.0 Å². The second-order valence-corrected chi connectivity index (χ2v) is 2.64.